The third-order valence-electron chi connectivity index (χ3n) is 4.65. The van der Waals surface area contributed by atoms with Gasteiger partial charge in [0.2, 0.25) is 0 Å². The lowest BCUT2D eigenvalue weighted by molar-refractivity contribution is 0.636. The summed E-state index contributed by atoms with van der Waals surface area (Å²) in [6, 6.07) is 15.2. The van der Waals surface area contributed by atoms with Crippen LogP contribution >= 0.6 is 7.92 Å². The fraction of sp³-hybridized carbons (Fsp3) is 0.136. The molecule has 146 valence electrons. The number of anilines is 2. The first-order chi connectivity index (χ1) is 14.0. The summed E-state index contributed by atoms with van der Waals surface area (Å²) in [7, 11) is -0.501. The molecule has 5 nitrogen and oxygen atoms in total. The zero-order valence-corrected chi connectivity index (χ0v) is 17.1. The van der Waals surface area contributed by atoms with Crippen molar-refractivity contribution in [1.29, 1.82) is 0 Å². The predicted molar refractivity (Wildman–Crippen MR) is 119 cm³/mol. The quantitative estimate of drug-likeness (QED) is 0.482. The number of nitrogens with two attached hydrogens (primary N) is 1. The fourth-order valence-corrected chi connectivity index (χ4v) is 3.98. The molecular weight excluding hydrogens is 384 g/mol. The minimum atomic E-state index is -0.501. The van der Waals surface area contributed by atoms with Crippen molar-refractivity contribution in [3.8, 4) is 11.3 Å². The summed E-state index contributed by atoms with van der Waals surface area (Å²) in [5, 5.41) is 5.06. The molecule has 0 saturated heterocycles. The highest BCUT2D eigenvalue weighted by molar-refractivity contribution is 7.64. The van der Waals surface area contributed by atoms with Gasteiger partial charge in [-0.2, -0.15) is 0 Å². The normalized spacial score (nSPS) is 11.2. The Labute approximate surface area is 170 Å². The van der Waals surface area contributed by atoms with Crippen molar-refractivity contribution in [3.05, 3.63) is 72.3 Å². The van der Waals surface area contributed by atoms with Crippen molar-refractivity contribution in [1.82, 2.24) is 15.0 Å². The SMILES string of the molecule is CP(C)c1ccc(-c2cnc(N)c(NCc3ccc4ncccc4c3)n2)cc1F. The molecule has 0 spiro atoms. The number of nitrogens with zero attached hydrogens (tertiary/aromatic N) is 3. The second-order valence-corrected chi connectivity index (χ2v) is 9.20. The molecule has 0 unspecified atom stereocenters. The predicted octanol–water partition coefficient (Wildman–Crippen LogP) is 4.39. The van der Waals surface area contributed by atoms with E-state index in [0.717, 1.165) is 21.8 Å². The highest BCUT2D eigenvalue weighted by atomic mass is 31.1. The van der Waals surface area contributed by atoms with Crippen LogP contribution in [0, 0.1) is 5.82 Å². The number of hydrogen-bond acceptors (Lipinski definition) is 5. The van der Waals surface area contributed by atoms with Crippen LogP contribution in [0.2, 0.25) is 0 Å². The first kappa shape index (κ1) is 19.2. The van der Waals surface area contributed by atoms with E-state index in [2.05, 4.69) is 26.3 Å². The van der Waals surface area contributed by atoms with Gasteiger partial charge in [-0.25, -0.2) is 14.4 Å². The van der Waals surface area contributed by atoms with Crippen LogP contribution in [0.3, 0.4) is 0 Å². The van der Waals surface area contributed by atoms with Gasteiger partial charge in [-0.3, -0.25) is 4.98 Å². The van der Waals surface area contributed by atoms with E-state index in [4.69, 9.17) is 5.73 Å². The molecular formula is C22H21FN5P. The molecule has 0 aliphatic heterocycles. The van der Waals surface area contributed by atoms with Crippen molar-refractivity contribution < 1.29 is 4.39 Å². The van der Waals surface area contributed by atoms with E-state index >= 15 is 0 Å². The van der Waals surface area contributed by atoms with Crippen molar-refractivity contribution >= 4 is 35.8 Å². The number of halogens is 1. The number of nitrogen functional groups attached to an aromatic ring is 1. The van der Waals surface area contributed by atoms with Gasteiger partial charge >= 0.3 is 0 Å². The molecule has 3 N–H and O–H groups in total. The van der Waals surface area contributed by atoms with Gasteiger partial charge in [-0.05, 0) is 43.2 Å². The topological polar surface area (TPSA) is 76.7 Å². The van der Waals surface area contributed by atoms with Gasteiger partial charge in [0.15, 0.2) is 11.6 Å². The number of nitrogens with one attached hydrogen (secondary N) is 1. The highest BCUT2D eigenvalue weighted by Crippen LogP contribution is 2.28. The van der Waals surface area contributed by atoms with Crippen molar-refractivity contribution in [3.63, 3.8) is 0 Å². The van der Waals surface area contributed by atoms with Gasteiger partial charge in [-0.15, -0.1) is 0 Å². The molecule has 2 aromatic carbocycles. The average molecular weight is 405 g/mol. The summed E-state index contributed by atoms with van der Waals surface area (Å²) in [5.41, 5.74) is 9.28. The zero-order chi connectivity index (χ0) is 20.4. The summed E-state index contributed by atoms with van der Waals surface area (Å²) >= 11 is 0. The smallest absolute Gasteiger partial charge is 0.169 e. The molecule has 2 aromatic heterocycles. The first-order valence-corrected chi connectivity index (χ1v) is 11.4. The van der Waals surface area contributed by atoms with Gasteiger partial charge < -0.3 is 11.1 Å². The van der Waals surface area contributed by atoms with Crippen LogP contribution in [0.5, 0.6) is 0 Å². The van der Waals surface area contributed by atoms with Crippen LogP contribution in [-0.2, 0) is 6.54 Å². The lowest BCUT2D eigenvalue weighted by Crippen LogP contribution is -2.08. The largest absolute Gasteiger partial charge is 0.381 e. The Morgan fingerprint density at radius 1 is 1.07 bits per heavy atom. The number of hydrogen-bond donors (Lipinski definition) is 2. The average Bonchev–Trinajstić information content (AvgIpc) is 2.72. The summed E-state index contributed by atoms with van der Waals surface area (Å²) in [4.78, 5) is 13.1. The Morgan fingerprint density at radius 3 is 2.72 bits per heavy atom. The molecule has 0 amide bonds. The molecule has 4 rings (SSSR count). The number of benzene rings is 2. The van der Waals surface area contributed by atoms with E-state index in [1.165, 1.54) is 6.07 Å². The van der Waals surface area contributed by atoms with Gasteiger partial charge in [-0.1, -0.05) is 32.2 Å². The Kier molecular flexibility index (Phi) is 5.36. The molecule has 0 atom stereocenters. The maximum Gasteiger partial charge on any atom is 0.169 e. The molecule has 0 bridgehead atoms. The highest BCUT2D eigenvalue weighted by Gasteiger charge is 2.11. The van der Waals surface area contributed by atoms with Crippen LogP contribution in [-0.4, -0.2) is 28.3 Å². The van der Waals surface area contributed by atoms with Gasteiger partial charge in [0.05, 0.1) is 17.4 Å². The Hall–Kier alpha value is -3.11. The molecule has 0 aliphatic carbocycles. The van der Waals surface area contributed by atoms with E-state index in [1.54, 1.807) is 12.4 Å². The Balaban J connectivity index is 1.57. The van der Waals surface area contributed by atoms with Crippen molar-refractivity contribution in [2.24, 2.45) is 0 Å². The van der Waals surface area contributed by atoms with Crippen LogP contribution in [0.1, 0.15) is 5.56 Å². The molecule has 0 radical (unpaired) electrons. The van der Waals surface area contributed by atoms with E-state index in [9.17, 15) is 4.39 Å². The third kappa shape index (κ3) is 4.17. The number of pyridine rings is 1. The van der Waals surface area contributed by atoms with Crippen LogP contribution in [0.25, 0.3) is 22.2 Å². The second-order valence-electron chi connectivity index (χ2n) is 6.93. The van der Waals surface area contributed by atoms with E-state index in [1.807, 2.05) is 49.7 Å². The summed E-state index contributed by atoms with van der Waals surface area (Å²) in [6.07, 6.45) is 3.34. The number of fused-ring (bicyclic) bond motifs is 1. The molecule has 0 fully saturated rings. The van der Waals surface area contributed by atoms with Crippen molar-refractivity contribution in [2.75, 3.05) is 24.4 Å². The number of rotatable bonds is 5. The lowest BCUT2D eigenvalue weighted by Gasteiger charge is -2.12. The fourth-order valence-electron chi connectivity index (χ4n) is 3.12. The third-order valence-corrected chi connectivity index (χ3v) is 5.98. The maximum absolute atomic E-state index is 14.4. The first-order valence-electron chi connectivity index (χ1n) is 9.18. The summed E-state index contributed by atoms with van der Waals surface area (Å²) < 4.78 is 14.4. The lowest BCUT2D eigenvalue weighted by atomic mass is 10.1. The monoisotopic (exact) mass is 405 g/mol. The second kappa shape index (κ2) is 8.10. The molecule has 0 aliphatic rings. The molecule has 4 aromatic rings. The van der Waals surface area contributed by atoms with Gasteiger partial charge in [0.1, 0.15) is 5.82 Å². The molecule has 29 heavy (non-hydrogen) atoms. The molecule has 7 heteroatoms. The standard InChI is InChI=1S/C22H21FN5P/c1-29(2)20-8-6-16(11-17(20)23)19-13-26-21(24)22(28-19)27-12-14-5-7-18-15(10-14)4-3-9-25-18/h3-11,13H,12H2,1-2H3,(H2,24,26)(H,27,28). The zero-order valence-electron chi connectivity index (χ0n) is 16.2. The summed E-state index contributed by atoms with van der Waals surface area (Å²) in [5.74, 6) is 0.571. The minimum Gasteiger partial charge on any atom is -0.381 e. The van der Waals surface area contributed by atoms with Crippen LogP contribution in [0.15, 0.2) is 60.9 Å². The minimum absolute atomic E-state index is 0.212. The van der Waals surface area contributed by atoms with Crippen LogP contribution < -0.4 is 16.4 Å². The van der Waals surface area contributed by atoms with Gasteiger partial charge in [0.25, 0.3) is 0 Å². The Morgan fingerprint density at radius 2 is 1.93 bits per heavy atom. The van der Waals surface area contributed by atoms with Crippen LogP contribution in [0.4, 0.5) is 16.0 Å². The van der Waals surface area contributed by atoms with Crippen molar-refractivity contribution in [2.45, 2.75) is 6.54 Å². The van der Waals surface area contributed by atoms with Gasteiger partial charge in [0, 0.05) is 29.0 Å². The van der Waals surface area contributed by atoms with E-state index in [0.29, 0.717) is 29.4 Å². The maximum atomic E-state index is 14.4. The Bertz CT molecular complexity index is 1180. The molecule has 2 heterocycles. The summed E-state index contributed by atoms with van der Waals surface area (Å²) in [6.45, 7) is 4.60. The molecule has 0 saturated carbocycles. The van der Waals surface area contributed by atoms with E-state index in [-0.39, 0.29) is 5.82 Å². The van der Waals surface area contributed by atoms with E-state index < -0.39 is 7.92 Å². The number of aromatic nitrogens is 3.